The Kier molecular flexibility index (Phi) is 7.78. The van der Waals surface area contributed by atoms with E-state index in [1.54, 1.807) is 0 Å². The fraction of sp³-hybridized carbons (Fsp3) is 0.714. The molecule has 0 bridgehead atoms. The molecule has 0 aromatic heterocycles. The van der Waals surface area contributed by atoms with Gasteiger partial charge in [-0.2, -0.15) is 0 Å². The van der Waals surface area contributed by atoms with E-state index in [1.807, 2.05) is 0 Å². The van der Waals surface area contributed by atoms with Crippen LogP contribution in [0.4, 0.5) is 0 Å². The van der Waals surface area contributed by atoms with Crippen molar-refractivity contribution in [2.75, 3.05) is 13.2 Å². The Morgan fingerprint density at radius 1 is 1.08 bits per heavy atom. The number of aliphatic hydroxyl groups excluding tert-OH is 1. The zero-order valence-electron chi connectivity index (χ0n) is 6.64. The smallest absolute Gasteiger partial charge is 0.269 e. The molecule has 5 nitrogen and oxygen atoms in total. The van der Waals surface area contributed by atoms with Crippen molar-refractivity contribution in [3.8, 4) is 0 Å². The molecule has 1 N–H and O–H groups in total. The van der Waals surface area contributed by atoms with Crippen molar-refractivity contribution in [2.45, 2.75) is 19.3 Å². The molecule has 0 heterocycles. The molecule has 0 aromatic carbocycles. The molecular formula is C7H12O5. The van der Waals surface area contributed by atoms with Crippen molar-refractivity contribution >= 4 is 12.6 Å². The molecule has 0 aromatic rings. The highest BCUT2D eigenvalue weighted by molar-refractivity contribution is 5.49. The van der Waals surface area contributed by atoms with Gasteiger partial charge in [0.2, 0.25) is 0 Å². The first-order valence-corrected chi connectivity index (χ1v) is 3.59. The van der Waals surface area contributed by atoms with Gasteiger partial charge in [0.15, 0.2) is 0 Å². The summed E-state index contributed by atoms with van der Waals surface area (Å²) in [6.45, 7) is -1.11. The first kappa shape index (κ1) is 11.2. The zero-order chi connectivity index (χ0) is 9.23. The topological polar surface area (TPSA) is 72.8 Å². The molecule has 0 fully saturated rings. The van der Waals surface area contributed by atoms with Crippen LogP contribution in [-0.2, 0) is 19.1 Å². The van der Waals surface area contributed by atoms with Crippen molar-refractivity contribution in [3.63, 3.8) is 0 Å². The summed E-state index contributed by atoms with van der Waals surface area (Å²) >= 11 is 0. The average molecular weight is 176 g/mol. The van der Waals surface area contributed by atoms with Gasteiger partial charge < -0.3 is 24.2 Å². The SMILES string of the molecule is O=CCCOC(O)OCCC=O. The molecule has 5 heteroatoms. The van der Waals surface area contributed by atoms with Crippen LogP contribution in [0.1, 0.15) is 12.8 Å². The lowest BCUT2D eigenvalue weighted by molar-refractivity contribution is -0.261. The fourth-order valence-electron chi connectivity index (χ4n) is 0.482. The third-order valence-corrected chi connectivity index (χ3v) is 0.992. The van der Waals surface area contributed by atoms with Crippen LogP contribution < -0.4 is 0 Å². The predicted octanol–water partition coefficient (Wildman–Crippen LogP) is -0.527. The van der Waals surface area contributed by atoms with Gasteiger partial charge in [0, 0.05) is 12.8 Å². The Bertz CT molecular complexity index is 111. The molecule has 0 aliphatic carbocycles. The average Bonchev–Trinajstić information content (AvgIpc) is 2.06. The molecule has 0 saturated heterocycles. The highest BCUT2D eigenvalue weighted by atomic mass is 16.8. The van der Waals surface area contributed by atoms with Crippen LogP contribution in [0.2, 0.25) is 0 Å². The summed E-state index contributed by atoms with van der Waals surface area (Å²) < 4.78 is 9.23. The van der Waals surface area contributed by atoms with Gasteiger partial charge in [-0.05, 0) is 0 Å². The Morgan fingerprint density at radius 3 is 1.83 bits per heavy atom. The van der Waals surface area contributed by atoms with E-state index >= 15 is 0 Å². The zero-order valence-corrected chi connectivity index (χ0v) is 6.64. The van der Waals surface area contributed by atoms with Crippen molar-refractivity contribution in [1.82, 2.24) is 0 Å². The summed E-state index contributed by atoms with van der Waals surface area (Å²) in [6.07, 6.45) is 1.79. The summed E-state index contributed by atoms with van der Waals surface area (Å²) in [5, 5.41) is 8.83. The van der Waals surface area contributed by atoms with Crippen LogP contribution in [0, 0.1) is 0 Å². The van der Waals surface area contributed by atoms with E-state index < -0.39 is 6.48 Å². The van der Waals surface area contributed by atoms with Crippen LogP contribution in [0.25, 0.3) is 0 Å². The van der Waals surface area contributed by atoms with E-state index in [1.165, 1.54) is 0 Å². The minimum atomic E-state index is -1.34. The van der Waals surface area contributed by atoms with E-state index in [0.717, 1.165) is 0 Å². The van der Waals surface area contributed by atoms with Gasteiger partial charge in [0.05, 0.1) is 13.2 Å². The van der Waals surface area contributed by atoms with Gasteiger partial charge in [0.25, 0.3) is 6.48 Å². The number of rotatable bonds is 8. The molecule has 70 valence electrons. The monoisotopic (exact) mass is 176 g/mol. The van der Waals surface area contributed by atoms with Gasteiger partial charge >= 0.3 is 0 Å². The minimum absolute atomic E-state index is 0.117. The number of hydrogen-bond acceptors (Lipinski definition) is 5. The van der Waals surface area contributed by atoms with E-state index in [9.17, 15) is 9.59 Å². The lowest BCUT2D eigenvalue weighted by Gasteiger charge is -2.10. The van der Waals surface area contributed by atoms with E-state index in [0.29, 0.717) is 12.6 Å². The van der Waals surface area contributed by atoms with Crippen molar-refractivity contribution in [2.24, 2.45) is 0 Å². The predicted molar refractivity (Wildman–Crippen MR) is 39.3 cm³/mol. The molecule has 0 aliphatic rings. The Hall–Kier alpha value is -0.780. The van der Waals surface area contributed by atoms with Crippen molar-refractivity contribution in [3.05, 3.63) is 0 Å². The number of aldehydes is 2. The highest BCUT2D eigenvalue weighted by Gasteiger charge is 2.01. The third-order valence-electron chi connectivity index (χ3n) is 0.992. The second-order valence-electron chi connectivity index (χ2n) is 1.96. The van der Waals surface area contributed by atoms with Crippen LogP contribution in [-0.4, -0.2) is 37.4 Å². The molecule has 0 amide bonds. The largest absolute Gasteiger partial charge is 0.346 e. The molecule has 0 unspecified atom stereocenters. The van der Waals surface area contributed by atoms with Crippen LogP contribution >= 0.6 is 0 Å². The first-order chi connectivity index (χ1) is 5.81. The van der Waals surface area contributed by atoms with Crippen molar-refractivity contribution < 1.29 is 24.2 Å². The lowest BCUT2D eigenvalue weighted by Crippen LogP contribution is -2.18. The van der Waals surface area contributed by atoms with Gasteiger partial charge in [-0.1, -0.05) is 0 Å². The maximum Gasteiger partial charge on any atom is 0.269 e. The normalized spacial score (nSPS) is 10.2. The van der Waals surface area contributed by atoms with Gasteiger partial charge in [-0.25, -0.2) is 0 Å². The molecule has 0 aliphatic heterocycles. The van der Waals surface area contributed by atoms with Crippen LogP contribution in [0.15, 0.2) is 0 Å². The van der Waals surface area contributed by atoms with E-state index in [4.69, 9.17) is 5.11 Å². The quantitative estimate of drug-likeness (QED) is 0.306. The number of hydrogen-bond donors (Lipinski definition) is 1. The van der Waals surface area contributed by atoms with E-state index in [2.05, 4.69) is 9.47 Å². The molecule has 0 radical (unpaired) electrons. The summed E-state index contributed by atoms with van der Waals surface area (Å²) in [7, 11) is 0. The number of aliphatic hydroxyl groups is 1. The standard InChI is InChI=1S/C7H12O5/c8-3-1-5-11-7(10)12-6-2-4-9/h3-4,7,10H,1-2,5-6H2. The van der Waals surface area contributed by atoms with Gasteiger partial charge in [-0.3, -0.25) is 0 Å². The highest BCUT2D eigenvalue weighted by Crippen LogP contribution is 1.91. The molecular weight excluding hydrogens is 164 g/mol. The van der Waals surface area contributed by atoms with Gasteiger partial charge in [-0.15, -0.1) is 0 Å². The molecule has 0 atom stereocenters. The van der Waals surface area contributed by atoms with Crippen LogP contribution in [0.5, 0.6) is 0 Å². The van der Waals surface area contributed by atoms with E-state index in [-0.39, 0.29) is 26.1 Å². The minimum Gasteiger partial charge on any atom is -0.346 e. The maximum absolute atomic E-state index is 9.80. The summed E-state index contributed by atoms with van der Waals surface area (Å²) in [5.74, 6) is 0. The Labute approximate surface area is 70.3 Å². The van der Waals surface area contributed by atoms with Gasteiger partial charge in [0.1, 0.15) is 12.6 Å². The third kappa shape index (κ3) is 7.33. The van der Waals surface area contributed by atoms with Crippen molar-refractivity contribution in [1.29, 1.82) is 0 Å². The number of ether oxygens (including phenoxy) is 2. The molecule has 0 spiro atoms. The summed E-state index contributed by atoms with van der Waals surface area (Å²) in [5.41, 5.74) is 0. The Balaban J connectivity index is 3.14. The molecule has 0 rings (SSSR count). The second-order valence-corrected chi connectivity index (χ2v) is 1.96. The van der Waals surface area contributed by atoms with Crippen LogP contribution in [0.3, 0.4) is 0 Å². The fourth-order valence-corrected chi connectivity index (χ4v) is 0.482. The first-order valence-electron chi connectivity index (χ1n) is 3.59. The lowest BCUT2D eigenvalue weighted by atomic mass is 10.5. The molecule has 12 heavy (non-hydrogen) atoms. The summed E-state index contributed by atoms with van der Waals surface area (Å²) in [6, 6.07) is 0. The second kappa shape index (κ2) is 8.32. The number of carbonyl (C=O) groups is 2. The number of carbonyl (C=O) groups excluding carboxylic acids is 2. The maximum atomic E-state index is 9.80. The summed E-state index contributed by atoms with van der Waals surface area (Å²) in [4.78, 5) is 19.6. The Morgan fingerprint density at radius 2 is 1.50 bits per heavy atom. The molecule has 0 saturated carbocycles.